The topological polar surface area (TPSA) is 104 Å². The molecule has 2 aliphatic rings. The molecule has 2 fully saturated rings. The third-order valence-electron chi connectivity index (χ3n) is 4.46. The van der Waals surface area contributed by atoms with Crippen LogP contribution in [-0.4, -0.2) is 62.5 Å². The molecule has 8 nitrogen and oxygen atoms in total. The number of rotatable bonds is 5. The van der Waals surface area contributed by atoms with Gasteiger partial charge in [0.15, 0.2) is 12.0 Å². The summed E-state index contributed by atoms with van der Waals surface area (Å²) in [5.74, 6) is -0.857. The van der Waals surface area contributed by atoms with Gasteiger partial charge >= 0.3 is 6.09 Å². The van der Waals surface area contributed by atoms with Gasteiger partial charge in [-0.15, -0.1) is 0 Å². The second-order valence-corrected chi connectivity index (χ2v) is 7.91. The Morgan fingerprint density at radius 3 is 2.42 bits per heavy atom. The smallest absolute Gasteiger partial charge is 0.414 e. The number of carbonyl (C=O) groups excluding carboxylic acids is 2. The maximum absolute atomic E-state index is 13.6. The van der Waals surface area contributed by atoms with Gasteiger partial charge in [-0.1, -0.05) is 0 Å². The molecule has 1 aromatic rings. The average Bonchev–Trinajstić information content (AvgIpc) is 2.96. The lowest BCUT2D eigenvalue weighted by Crippen LogP contribution is -2.42. The summed E-state index contributed by atoms with van der Waals surface area (Å²) in [6, 6.07) is 6.84. The van der Waals surface area contributed by atoms with Crippen molar-refractivity contribution in [1.29, 1.82) is 0 Å². The number of ether oxygens (including phenoxy) is 1. The number of alkyl halides is 1. The van der Waals surface area contributed by atoms with E-state index in [4.69, 9.17) is 9.29 Å². The molecule has 2 aliphatic heterocycles. The number of anilines is 2. The number of benzene rings is 1. The first-order valence-electron chi connectivity index (χ1n) is 8.18. The van der Waals surface area contributed by atoms with E-state index in [1.165, 1.54) is 4.90 Å². The third kappa shape index (κ3) is 4.31. The van der Waals surface area contributed by atoms with Crippen LogP contribution in [0.3, 0.4) is 0 Å². The van der Waals surface area contributed by atoms with E-state index in [-0.39, 0.29) is 31.7 Å². The van der Waals surface area contributed by atoms with Crippen LogP contribution in [0.25, 0.3) is 0 Å². The van der Waals surface area contributed by atoms with Gasteiger partial charge in [0.1, 0.15) is 6.10 Å². The van der Waals surface area contributed by atoms with Crippen LogP contribution in [0.4, 0.5) is 20.6 Å². The second-order valence-electron chi connectivity index (χ2n) is 6.34. The van der Waals surface area contributed by atoms with E-state index in [1.54, 1.807) is 29.2 Å². The summed E-state index contributed by atoms with van der Waals surface area (Å²) in [7, 11) is -4.11. The minimum absolute atomic E-state index is 0.0127. The van der Waals surface area contributed by atoms with Crippen LogP contribution in [0.5, 0.6) is 0 Å². The fourth-order valence-electron chi connectivity index (χ4n) is 3.03. The maximum Gasteiger partial charge on any atom is 0.414 e. The number of hydrogen-bond acceptors (Lipinski definition) is 6. The number of hydrogen-bond donors (Lipinski definition) is 1. The average molecular weight is 386 g/mol. The molecule has 0 aromatic heterocycles. The van der Waals surface area contributed by atoms with E-state index in [9.17, 15) is 22.4 Å². The first-order valence-corrected chi connectivity index (χ1v) is 9.79. The van der Waals surface area contributed by atoms with Gasteiger partial charge in [0, 0.05) is 30.8 Å². The highest BCUT2D eigenvalue weighted by Gasteiger charge is 2.33. The molecule has 10 heteroatoms. The Balaban J connectivity index is 1.63. The molecule has 3 rings (SSSR count). The Hall–Kier alpha value is -2.20. The predicted octanol–water partition coefficient (Wildman–Crippen LogP) is 1.41. The predicted molar refractivity (Wildman–Crippen MR) is 91.8 cm³/mol. The van der Waals surface area contributed by atoms with Crippen LogP contribution in [0.15, 0.2) is 24.3 Å². The van der Waals surface area contributed by atoms with Gasteiger partial charge in [-0.3, -0.25) is 14.2 Å². The molecule has 2 heterocycles. The van der Waals surface area contributed by atoms with Crippen molar-refractivity contribution < 1.29 is 31.7 Å². The number of piperidine rings is 1. The van der Waals surface area contributed by atoms with Crippen LogP contribution >= 0.6 is 0 Å². The Morgan fingerprint density at radius 1 is 1.15 bits per heavy atom. The van der Waals surface area contributed by atoms with Crippen LogP contribution in [0.2, 0.25) is 0 Å². The Kier molecular flexibility index (Phi) is 5.15. The second kappa shape index (κ2) is 7.20. The standard InChI is InChI=1S/C16H19FN2O6S/c17-14-10-18(7-5-15(14)20)11-1-3-12(4-2-11)19-9-13(25-16(19)21)6-8-26(22,23)24/h1-4,13-14H,5-10H2,(H,22,23,24). The molecule has 1 N–H and O–H groups in total. The summed E-state index contributed by atoms with van der Waals surface area (Å²) in [5.41, 5.74) is 1.32. The molecule has 2 unspecified atom stereocenters. The molecule has 2 saturated heterocycles. The summed E-state index contributed by atoms with van der Waals surface area (Å²) in [4.78, 5) is 26.4. The zero-order valence-electron chi connectivity index (χ0n) is 13.9. The highest BCUT2D eigenvalue weighted by atomic mass is 32.2. The lowest BCUT2D eigenvalue weighted by atomic mass is 10.1. The fourth-order valence-corrected chi connectivity index (χ4v) is 3.59. The minimum Gasteiger partial charge on any atom is -0.444 e. The van der Waals surface area contributed by atoms with Gasteiger partial charge in [-0.25, -0.2) is 9.18 Å². The Morgan fingerprint density at radius 2 is 1.81 bits per heavy atom. The van der Waals surface area contributed by atoms with Gasteiger partial charge in [0.05, 0.1) is 18.8 Å². The summed E-state index contributed by atoms with van der Waals surface area (Å²) < 4.78 is 49.1. The zero-order chi connectivity index (χ0) is 18.9. The number of halogens is 1. The number of Topliss-reactive ketones (excluding diaryl/α,β-unsaturated/α-hetero) is 1. The van der Waals surface area contributed by atoms with E-state index in [2.05, 4.69) is 0 Å². The Labute approximate surface area is 150 Å². The van der Waals surface area contributed by atoms with Gasteiger partial charge in [-0.2, -0.15) is 8.42 Å². The molecule has 0 bridgehead atoms. The molecule has 0 saturated carbocycles. The molecule has 1 amide bonds. The molecule has 1 aromatic carbocycles. The largest absolute Gasteiger partial charge is 0.444 e. The SMILES string of the molecule is O=C1CCN(c2ccc(N3CC(CCS(=O)(=O)O)OC3=O)cc2)CC1F. The van der Waals surface area contributed by atoms with Crippen molar-refractivity contribution in [1.82, 2.24) is 0 Å². The van der Waals surface area contributed by atoms with Gasteiger partial charge < -0.3 is 9.64 Å². The number of carbonyl (C=O) groups is 2. The van der Waals surface area contributed by atoms with E-state index >= 15 is 0 Å². The first kappa shape index (κ1) is 18.6. The van der Waals surface area contributed by atoms with Gasteiger partial charge in [0.2, 0.25) is 0 Å². The molecule has 0 spiro atoms. The third-order valence-corrected chi connectivity index (χ3v) is 5.21. The molecule has 0 aliphatic carbocycles. The molecular formula is C16H19FN2O6S. The zero-order valence-corrected chi connectivity index (χ0v) is 14.7. The molecule has 142 valence electrons. The molecule has 26 heavy (non-hydrogen) atoms. The molecule has 2 atom stereocenters. The lowest BCUT2D eigenvalue weighted by molar-refractivity contribution is -0.124. The van der Waals surface area contributed by atoms with Crippen molar-refractivity contribution in [3.63, 3.8) is 0 Å². The van der Waals surface area contributed by atoms with Gasteiger partial charge in [0.25, 0.3) is 10.1 Å². The monoisotopic (exact) mass is 386 g/mol. The van der Waals surface area contributed by atoms with Gasteiger partial charge in [-0.05, 0) is 24.3 Å². The Bertz CT molecular complexity index is 797. The van der Waals surface area contributed by atoms with Crippen molar-refractivity contribution in [2.75, 3.05) is 35.2 Å². The molecule has 0 radical (unpaired) electrons. The van der Waals surface area contributed by atoms with Crippen LogP contribution < -0.4 is 9.80 Å². The van der Waals surface area contributed by atoms with Crippen molar-refractivity contribution in [3.8, 4) is 0 Å². The van der Waals surface area contributed by atoms with E-state index in [1.807, 2.05) is 0 Å². The summed E-state index contributed by atoms with van der Waals surface area (Å²) in [5, 5.41) is 0. The van der Waals surface area contributed by atoms with Crippen LogP contribution in [0.1, 0.15) is 12.8 Å². The fraction of sp³-hybridized carbons (Fsp3) is 0.500. The lowest BCUT2D eigenvalue weighted by Gasteiger charge is -2.30. The summed E-state index contributed by atoms with van der Waals surface area (Å²) in [6.45, 7) is 0.641. The summed E-state index contributed by atoms with van der Waals surface area (Å²) in [6.07, 6.45) is -2.52. The first-order chi connectivity index (χ1) is 12.2. The normalized spacial score (nSPS) is 24.1. The van der Waals surface area contributed by atoms with Crippen LogP contribution in [0, 0.1) is 0 Å². The van der Waals surface area contributed by atoms with E-state index in [0.29, 0.717) is 12.2 Å². The van der Waals surface area contributed by atoms with E-state index < -0.39 is 34.2 Å². The molecular weight excluding hydrogens is 367 g/mol. The minimum atomic E-state index is -4.11. The van der Waals surface area contributed by atoms with Crippen LogP contribution in [-0.2, 0) is 19.6 Å². The quantitative estimate of drug-likeness (QED) is 0.763. The number of cyclic esters (lactones) is 1. The highest BCUT2D eigenvalue weighted by molar-refractivity contribution is 7.85. The highest BCUT2D eigenvalue weighted by Crippen LogP contribution is 2.27. The number of nitrogens with zero attached hydrogens (tertiary/aromatic N) is 2. The summed E-state index contributed by atoms with van der Waals surface area (Å²) >= 11 is 0. The van der Waals surface area contributed by atoms with Crippen molar-refractivity contribution in [3.05, 3.63) is 24.3 Å². The van der Waals surface area contributed by atoms with Crippen molar-refractivity contribution in [2.45, 2.75) is 25.1 Å². The number of ketones is 1. The number of amides is 1. The van der Waals surface area contributed by atoms with Crippen molar-refractivity contribution in [2.24, 2.45) is 0 Å². The van der Waals surface area contributed by atoms with Crippen molar-refractivity contribution >= 4 is 33.4 Å². The maximum atomic E-state index is 13.6. The van der Waals surface area contributed by atoms with E-state index in [0.717, 1.165) is 5.69 Å².